The third-order valence-corrected chi connectivity index (χ3v) is 4.88. The summed E-state index contributed by atoms with van der Waals surface area (Å²) < 4.78 is 49.0. The Balaban J connectivity index is 0.00000300. The minimum atomic E-state index is -4.40. The van der Waals surface area contributed by atoms with Crippen LogP contribution in [0.25, 0.3) is 0 Å². The number of hydrogen-bond acceptors (Lipinski definition) is 5. The molecule has 3 rings (SSSR count). The SMILES string of the molecule is CN=C(NCCc1nc(C(F)(F)F)cs1)NCc1ccc2c(c1)OCCCO2.I. The lowest BCUT2D eigenvalue weighted by Crippen LogP contribution is -2.37. The fourth-order valence-electron chi connectivity index (χ4n) is 2.57. The molecule has 1 aromatic heterocycles. The molecule has 29 heavy (non-hydrogen) atoms. The molecule has 0 radical (unpaired) electrons. The maximum absolute atomic E-state index is 12.6. The van der Waals surface area contributed by atoms with Gasteiger partial charge in [-0.15, -0.1) is 35.3 Å². The van der Waals surface area contributed by atoms with Crippen LogP contribution in [-0.4, -0.2) is 37.7 Å². The number of halogens is 4. The largest absolute Gasteiger partial charge is 0.490 e. The molecule has 0 bridgehead atoms. The molecule has 2 N–H and O–H groups in total. The Morgan fingerprint density at radius 2 is 1.97 bits per heavy atom. The second-order valence-electron chi connectivity index (χ2n) is 6.06. The van der Waals surface area contributed by atoms with Crippen molar-refractivity contribution in [3.63, 3.8) is 0 Å². The van der Waals surface area contributed by atoms with Crippen LogP contribution in [0.4, 0.5) is 13.2 Å². The van der Waals surface area contributed by atoms with E-state index in [-0.39, 0.29) is 24.0 Å². The van der Waals surface area contributed by atoms with E-state index in [4.69, 9.17) is 9.47 Å². The van der Waals surface area contributed by atoms with Gasteiger partial charge in [-0.25, -0.2) is 4.98 Å². The van der Waals surface area contributed by atoms with E-state index in [1.165, 1.54) is 0 Å². The minimum Gasteiger partial charge on any atom is -0.490 e. The number of nitrogens with zero attached hydrogens (tertiary/aromatic N) is 2. The molecule has 0 amide bonds. The summed E-state index contributed by atoms with van der Waals surface area (Å²) in [6, 6.07) is 5.76. The van der Waals surface area contributed by atoms with Gasteiger partial charge in [0, 0.05) is 38.4 Å². The zero-order valence-electron chi connectivity index (χ0n) is 15.7. The zero-order chi connectivity index (χ0) is 20.0. The maximum atomic E-state index is 12.6. The van der Waals surface area contributed by atoms with Gasteiger partial charge in [-0.3, -0.25) is 4.99 Å². The summed E-state index contributed by atoms with van der Waals surface area (Å²) in [6.45, 7) is 2.21. The van der Waals surface area contributed by atoms with E-state index < -0.39 is 11.9 Å². The first-order chi connectivity index (χ1) is 13.5. The van der Waals surface area contributed by atoms with Crippen molar-refractivity contribution in [2.45, 2.75) is 25.6 Å². The Kier molecular flexibility index (Phi) is 8.80. The number of hydrogen-bond donors (Lipinski definition) is 2. The highest BCUT2D eigenvalue weighted by atomic mass is 127. The first kappa shape index (κ1) is 23.5. The van der Waals surface area contributed by atoms with Gasteiger partial charge in [0.2, 0.25) is 0 Å². The molecular weight excluding hydrogens is 520 g/mol. The van der Waals surface area contributed by atoms with E-state index in [1.54, 1.807) is 7.05 Å². The average Bonchev–Trinajstić information content (AvgIpc) is 3.03. The van der Waals surface area contributed by atoms with Crippen molar-refractivity contribution < 1.29 is 22.6 Å². The lowest BCUT2D eigenvalue weighted by Gasteiger charge is -2.13. The van der Waals surface area contributed by atoms with Crippen molar-refractivity contribution in [3.8, 4) is 11.5 Å². The number of benzene rings is 1. The topological polar surface area (TPSA) is 67.8 Å². The van der Waals surface area contributed by atoms with Gasteiger partial charge < -0.3 is 20.1 Å². The number of aliphatic imine (C=N–C) groups is 1. The summed E-state index contributed by atoms with van der Waals surface area (Å²) >= 11 is 1.00. The minimum absolute atomic E-state index is 0. The maximum Gasteiger partial charge on any atom is 0.434 e. The second-order valence-corrected chi connectivity index (χ2v) is 7.00. The predicted molar refractivity (Wildman–Crippen MR) is 116 cm³/mol. The summed E-state index contributed by atoms with van der Waals surface area (Å²) in [7, 11) is 1.63. The van der Waals surface area contributed by atoms with Crippen LogP contribution in [0.5, 0.6) is 11.5 Å². The standard InChI is InChI=1S/C18H21F3N4O2S.HI/c1-22-17(23-6-5-16-25-15(11-28-16)18(19,20)21)24-10-12-3-4-13-14(9-12)27-8-2-7-26-13;/h3-4,9,11H,2,5-8,10H2,1H3,(H2,22,23,24);1H. The van der Waals surface area contributed by atoms with Crippen molar-refractivity contribution in [3.05, 3.63) is 39.8 Å². The molecular formula is C18H22F3IN4O2S. The van der Waals surface area contributed by atoms with Gasteiger partial charge in [-0.05, 0) is 17.7 Å². The van der Waals surface area contributed by atoms with Crippen molar-refractivity contribution in [1.29, 1.82) is 0 Å². The number of aromatic nitrogens is 1. The highest BCUT2D eigenvalue weighted by Crippen LogP contribution is 2.31. The molecule has 0 unspecified atom stereocenters. The molecule has 6 nitrogen and oxygen atoms in total. The van der Waals surface area contributed by atoms with Crippen LogP contribution in [0.1, 0.15) is 22.7 Å². The number of ether oxygens (including phenoxy) is 2. The zero-order valence-corrected chi connectivity index (χ0v) is 18.9. The smallest absolute Gasteiger partial charge is 0.434 e. The highest BCUT2D eigenvalue weighted by molar-refractivity contribution is 14.0. The van der Waals surface area contributed by atoms with Crippen LogP contribution in [0.3, 0.4) is 0 Å². The van der Waals surface area contributed by atoms with E-state index in [2.05, 4.69) is 20.6 Å². The van der Waals surface area contributed by atoms with Gasteiger partial charge >= 0.3 is 6.18 Å². The van der Waals surface area contributed by atoms with E-state index in [0.29, 0.717) is 43.7 Å². The van der Waals surface area contributed by atoms with Crippen LogP contribution in [0.15, 0.2) is 28.6 Å². The molecule has 0 fully saturated rings. The van der Waals surface area contributed by atoms with Gasteiger partial charge in [0.15, 0.2) is 23.2 Å². The Hall–Kier alpha value is -1.76. The molecule has 160 valence electrons. The van der Waals surface area contributed by atoms with Gasteiger partial charge in [0.05, 0.1) is 18.2 Å². The van der Waals surface area contributed by atoms with Crippen LogP contribution in [0, 0.1) is 0 Å². The predicted octanol–water partition coefficient (Wildman–Crippen LogP) is 3.85. The van der Waals surface area contributed by atoms with Crippen LogP contribution < -0.4 is 20.1 Å². The Morgan fingerprint density at radius 1 is 1.21 bits per heavy atom. The molecule has 0 saturated carbocycles. The third-order valence-electron chi connectivity index (χ3n) is 3.97. The van der Waals surface area contributed by atoms with E-state index in [0.717, 1.165) is 40.2 Å². The normalized spacial score (nSPS) is 14.0. The molecule has 2 aromatic rings. The Morgan fingerprint density at radius 3 is 2.66 bits per heavy atom. The lowest BCUT2D eigenvalue weighted by molar-refractivity contribution is -0.140. The van der Waals surface area contributed by atoms with Gasteiger partial charge in [-0.1, -0.05) is 6.07 Å². The third kappa shape index (κ3) is 6.91. The molecule has 1 aliphatic rings. The Labute approximate surface area is 187 Å². The number of fused-ring (bicyclic) bond motifs is 1. The fourth-order valence-corrected chi connectivity index (χ4v) is 3.37. The quantitative estimate of drug-likeness (QED) is 0.342. The molecule has 2 heterocycles. The van der Waals surface area contributed by atoms with Crippen molar-refractivity contribution >= 4 is 41.3 Å². The van der Waals surface area contributed by atoms with E-state index >= 15 is 0 Å². The van der Waals surface area contributed by atoms with Crippen LogP contribution >= 0.6 is 35.3 Å². The van der Waals surface area contributed by atoms with Gasteiger partial charge in [0.25, 0.3) is 0 Å². The van der Waals surface area contributed by atoms with Crippen molar-refractivity contribution in [1.82, 2.24) is 15.6 Å². The molecule has 0 atom stereocenters. The molecule has 0 saturated heterocycles. The second kappa shape index (κ2) is 10.9. The lowest BCUT2D eigenvalue weighted by atomic mass is 10.2. The number of rotatable bonds is 5. The van der Waals surface area contributed by atoms with Crippen molar-refractivity contribution in [2.24, 2.45) is 4.99 Å². The van der Waals surface area contributed by atoms with Crippen LogP contribution in [0.2, 0.25) is 0 Å². The number of thiazole rings is 1. The average molecular weight is 542 g/mol. The molecule has 1 aliphatic heterocycles. The summed E-state index contributed by atoms with van der Waals surface area (Å²) in [5, 5.41) is 7.71. The molecule has 1 aromatic carbocycles. The number of nitrogens with one attached hydrogen (secondary N) is 2. The highest BCUT2D eigenvalue weighted by Gasteiger charge is 2.33. The summed E-state index contributed by atoms with van der Waals surface area (Å²) in [6.07, 6.45) is -3.17. The summed E-state index contributed by atoms with van der Waals surface area (Å²) in [4.78, 5) is 7.74. The van der Waals surface area contributed by atoms with Crippen LogP contribution in [-0.2, 0) is 19.1 Å². The molecule has 11 heteroatoms. The first-order valence-electron chi connectivity index (χ1n) is 8.80. The van der Waals surface area contributed by atoms with E-state index in [9.17, 15) is 13.2 Å². The Bertz CT molecular complexity index is 830. The van der Waals surface area contributed by atoms with Gasteiger partial charge in [0.1, 0.15) is 0 Å². The van der Waals surface area contributed by atoms with E-state index in [1.807, 2.05) is 18.2 Å². The molecule has 0 spiro atoms. The monoisotopic (exact) mass is 542 g/mol. The summed E-state index contributed by atoms with van der Waals surface area (Å²) in [5.74, 6) is 2.02. The van der Waals surface area contributed by atoms with Crippen molar-refractivity contribution in [2.75, 3.05) is 26.8 Å². The number of alkyl halides is 3. The first-order valence-corrected chi connectivity index (χ1v) is 9.68. The summed E-state index contributed by atoms with van der Waals surface area (Å²) in [5.41, 5.74) is 0.159. The van der Waals surface area contributed by atoms with Gasteiger partial charge in [-0.2, -0.15) is 13.2 Å². The fraction of sp³-hybridized carbons (Fsp3) is 0.444. The number of guanidine groups is 1. The molecule has 0 aliphatic carbocycles.